The van der Waals surface area contributed by atoms with Crippen LogP contribution < -0.4 is 0 Å². The fourth-order valence-corrected chi connectivity index (χ4v) is 3.53. The van der Waals surface area contributed by atoms with E-state index in [2.05, 4.69) is 15.0 Å². The van der Waals surface area contributed by atoms with E-state index < -0.39 is 0 Å². The number of nitrogens with zero attached hydrogens (tertiary/aromatic N) is 4. The number of hydrogen-bond donors (Lipinski definition) is 0. The molecule has 2 saturated heterocycles. The minimum Gasteiger partial charge on any atom is -0.375 e. The molecule has 124 valence electrons. The number of pyridine rings is 1. The van der Waals surface area contributed by atoms with Crippen molar-refractivity contribution in [3.05, 3.63) is 42.5 Å². The molecule has 6 nitrogen and oxygen atoms in total. The topological polar surface area (TPSA) is 68.2 Å². The van der Waals surface area contributed by atoms with Crippen molar-refractivity contribution in [2.45, 2.75) is 31.3 Å². The van der Waals surface area contributed by atoms with Crippen LogP contribution in [0, 0.1) is 0 Å². The molecule has 0 radical (unpaired) electrons. The molecule has 4 heterocycles. The van der Waals surface area contributed by atoms with Crippen LogP contribution in [0.4, 0.5) is 0 Å². The van der Waals surface area contributed by atoms with Crippen LogP contribution in [-0.4, -0.2) is 51.1 Å². The van der Waals surface area contributed by atoms with E-state index in [1.54, 1.807) is 24.8 Å². The molecule has 2 fully saturated rings. The van der Waals surface area contributed by atoms with Gasteiger partial charge in [0.15, 0.2) is 5.82 Å². The molecule has 6 heteroatoms. The number of carbonyl (C=O) groups excluding carboxylic acids is 1. The van der Waals surface area contributed by atoms with Gasteiger partial charge in [-0.2, -0.15) is 0 Å². The van der Waals surface area contributed by atoms with Crippen molar-refractivity contribution in [1.29, 1.82) is 0 Å². The Morgan fingerprint density at radius 3 is 2.54 bits per heavy atom. The van der Waals surface area contributed by atoms with Crippen LogP contribution in [0.1, 0.15) is 36.0 Å². The fourth-order valence-electron chi connectivity index (χ4n) is 3.53. The maximum atomic E-state index is 12.6. The average molecular weight is 324 g/mol. The number of ether oxygens (including phenoxy) is 1. The minimum absolute atomic E-state index is 0.000540. The molecule has 1 amide bonds. The molecule has 0 N–H and O–H groups in total. The molecular formula is C18H20N4O2. The lowest BCUT2D eigenvalue weighted by Crippen LogP contribution is -2.46. The maximum absolute atomic E-state index is 12.6. The van der Waals surface area contributed by atoms with Crippen molar-refractivity contribution in [3.8, 4) is 11.4 Å². The van der Waals surface area contributed by atoms with Crippen molar-refractivity contribution in [2.75, 3.05) is 19.7 Å². The molecule has 0 unspecified atom stereocenters. The number of piperidine rings is 1. The highest BCUT2D eigenvalue weighted by atomic mass is 16.5. The number of carbonyl (C=O) groups is 1. The lowest BCUT2D eigenvalue weighted by molar-refractivity contribution is -0.0387. The van der Waals surface area contributed by atoms with Gasteiger partial charge >= 0.3 is 0 Å². The zero-order valence-electron chi connectivity index (χ0n) is 13.5. The Kier molecular flexibility index (Phi) is 3.98. The Morgan fingerprint density at radius 1 is 1.12 bits per heavy atom. The predicted octanol–water partition coefficient (Wildman–Crippen LogP) is 2.32. The summed E-state index contributed by atoms with van der Waals surface area (Å²) in [6.45, 7) is 2.34. The highest BCUT2D eigenvalue weighted by molar-refractivity contribution is 5.93. The number of hydrogen-bond acceptors (Lipinski definition) is 5. The summed E-state index contributed by atoms with van der Waals surface area (Å²) in [5.74, 6) is 0.581. The Balaban J connectivity index is 1.43. The van der Waals surface area contributed by atoms with Gasteiger partial charge in [-0.25, -0.2) is 9.97 Å². The molecule has 2 aliphatic heterocycles. The minimum atomic E-state index is 0.000540. The second kappa shape index (κ2) is 6.28. The smallest absolute Gasteiger partial charge is 0.256 e. The van der Waals surface area contributed by atoms with E-state index in [9.17, 15) is 4.79 Å². The standard InChI is InChI=1S/C18H20N4O2/c23-17(22-8-5-18(6-9-22)4-2-10-24-18)15-12-20-16(21-13-15)14-3-1-7-19-11-14/h1,3,7,11-13H,2,4-6,8-10H2. The number of amides is 1. The first-order valence-corrected chi connectivity index (χ1v) is 8.42. The zero-order valence-corrected chi connectivity index (χ0v) is 13.5. The summed E-state index contributed by atoms with van der Waals surface area (Å²) in [5.41, 5.74) is 1.40. The van der Waals surface area contributed by atoms with E-state index in [1.165, 1.54) is 0 Å². The zero-order chi connectivity index (χ0) is 16.4. The summed E-state index contributed by atoms with van der Waals surface area (Å²) >= 11 is 0. The first kappa shape index (κ1) is 15.2. The molecule has 2 aromatic heterocycles. The van der Waals surface area contributed by atoms with Crippen LogP contribution in [0.3, 0.4) is 0 Å². The van der Waals surface area contributed by atoms with E-state index >= 15 is 0 Å². The summed E-state index contributed by atoms with van der Waals surface area (Å²) < 4.78 is 5.91. The molecule has 0 aliphatic carbocycles. The van der Waals surface area contributed by atoms with Gasteiger partial charge in [-0.15, -0.1) is 0 Å². The number of rotatable bonds is 2. The Labute approximate surface area is 140 Å². The molecule has 0 saturated carbocycles. The fraction of sp³-hybridized carbons (Fsp3) is 0.444. The number of aromatic nitrogens is 3. The Morgan fingerprint density at radius 2 is 1.92 bits per heavy atom. The average Bonchev–Trinajstić information content (AvgIpc) is 3.11. The summed E-state index contributed by atoms with van der Waals surface area (Å²) in [7, 11) is 0. The lowest BCUT2D eigenvalue weighted by atomic mass is 9.88. The van der Waals surface area contributed by atoms with Gasteiger partial charge in [0.1, 0.15) is 0 Å². The molecule has 24 heavy (non-hydrogen) atoms. The normalized spacial score (nSPS) is 19.6. The summed E-state index contributed by atoms with van der Waals surface area (Å²) in [6.07, 6.45) is 10.7. The van der Waals surface area contributed by atoms with Gasteiger partial charge in [-0.3, -0.25) is 9.78 Å². The van der Waals surface area contributed by atoms with Crippen molar-refractivity contribution in [1.82, 2.24) is 19.9 Å². The van der Waals surface area contributed by atoms with Gasteiger partial charge in [-0.05, 0) is 37.8 Å². The van der Waals surface area contributed by atoms with E-state index in [4.69, 9.17) is 4.74 Å². The second-order valence-electron chi connectivity index (χ2n) is 6.46. The van der Waals surface area contributed by atoms with Crippen molar-refractivity contribution in [2.24, 2.45) is 0 Å². The first-order valence-electron chi connectivity index (χ1n) is 8.42. The van der Waals surface area contributed by atoms with Crippen LogP contribution in [0.2, 0.25) is 0 Å². The van der Waals surface area contributed by atoms with Gasteiger partial charge in [0.25, 0.3) is 5.91 Å². The van der Waals surface area contributed by atoms with Gasteiger partial charge in [-0.1, -0.05) is 0 Å². The van der Waals surface area contributed by atoms with Crippen molar-refractivity contribution < 1.29 is 9.53 Å². The van der Waals surface area contributed by atoms with Crippen LogP contribution in [0.15, 0.2) is 36.9 Å². The molecule has 1 spiro atoms. The number of likely N-dealkylation sites (tertiary alicyclic amines) is 1. The van der Waals surface area contributed by atoms with Crippen LogP contribution in [0.25, 0.3) is 11.4 Å². The van der Waals surface area contributed by atoms with Crippen molar-refractivity contribution in [3.63, 3.8) is 0 Å². The lowest BCUT2D eigenvalue weighted by Gasteiger charge is -2.38. The first-order chi connectivity index (χ1) is 11.8. The van der Waals surface area contributed by atoms with E-state index in [0.717, 1.165) is 50.9 Å². The molecular weight excluding hydrogens is 304 g/mol. The predicted molar refractivity (Wildman–Crippen MR) is 88.3 cm³/mol. The summed E-state index contributed by atoms with van der Waals surface area (Å²) in [4.78, 5) is 27.2. The van der Waals surface area contributed by atoms with Crippen molar-refractivity contribution >= 4 is 5.91 Å². The highest BCUT2D eigenvalue weighted by Crippen LogP contribution is 2.35. The van der Waals surface area contributed by atoms with Crippen LogP contribution >= 0.6 is 0 Å². The molecule has 2 aliphatic rings. The molecule has 2 aromatic rings. The third-order valence-corrected chi connectivity index (χ3v) is 4.97. The molecule has 4 rings (SSSR count). The Bertz CT molecular complexity index is 702. The SMILES string of the molecule is O=C(c1cnc(-c2cccnc2)nc1)N1CCC2(CCCO2)CC1. The third-order valence-electron chi connectivity index (χ3n) is 4.97. The molecule has 0 aromatic carbocycles. The summed E-state index contributed by atoms with van der Waals surface area (Å²) in [5, 5.41) is 0. The van der Waals surface area contributed by atoms with E-state index in [1.807, 2.05) is 17.0 Å². The van der Waals surface area contributed by atoms with Gasteiger partial charge in [0.05, 0.1) is 11.2 Å². The van der Waals surface area contributed by atoms with Gasteiger partial charge < -0.3 is 9.64 Å². The Hall–Kier alpha value is -2.34. The van der Waals surface area contributed by atoms with Gasteiger partial charge in [0.2, 0.25) is 0 Å². The van der Waals surface area contributed by atoms with E-state index in [0.29, 0.717) is 11.4 Å². The largest absolute Gasteiger partial charge is 0.375 e. The maximum Gasteiger partial charge on any atom is 0.256 e. The molecule has 0 bridgehead atoms. The summed E-state index contributed by atoms with van der Waals surface area (Å²) in [6, 6.07) is 3.74. The van der Waals surface area contributed by atoms with E-state index in [-0.39, 0.29) is 11.5 Å². The highest BCUT2D eigenvalue weighted by Gasteiger charge is 2.39. The van der Waals surface area contributed by atoms with Gasteiger partial charge in [0, 0.05) is 50.0 Å². The monoisotopic (exact) mass is 324 g/mol. The quantitative estimate of drug-likeness (QED) is 0.848. The molecule has 0 atom stereocenters. The third kappa shape index (κ3) is 2.89. The van der Waals surface area contributed by atoms with Crippen LogP contribution in [0.5, 0.6) is 0 Å². The second-order valence-corrected chi connectivity index (χ2v) is 6.46. The van der Waals surface area contributed by atoms with Crippen LogP contribution in [-0.2, 0) is 4.74 Å².